The number of rotatable bonds is 4. The van der Waals surface area contributed by atoms with E-state index in [-0.39, 0.29) is 5.78 Å². The maximum Gasteiger partial charge on any atom is 0.160 e. The highest BCUT2D eigenvalue weighted by molar-refractivity contribution is 5.95. The summed E-state index contributed by atoms with van der Waals surface area (Å²) in [5.41, 5.74) is 3.57. The summed E-state index contributed by atoms with van der Waals surface area (Å²) in [7, 11) is 0. The molecule has 0 saturated heterocycles. The number of hydrogen-bond donors (Lipinski definition) is 1. The molecule has 0 saturated carbocycles. The lowest BCUT2D eigenvalue weighted by atomic mass is 9.84. The second-order valence-corrected chi connectivity index (χ2v) is 4.89. The Balaban J connectivity index is 2.16. The summed E-state index contributed by atoms with van der Waals surface area (Å²) in [5.74, 6) is 0.196. The van der Waals surface area contributed by atoms with Crippen molar-refractivity contribution in [2.75, 3.05) is 6.54 Å². The zero-order valence-electron chi connectivity index (χ0n) is 10.8. The van der Waals surface area contributed by atoms with Gasteiger partial charge in [0.15, 0.2) is 5.78 Å². The number of hydrogen-bond acceptors (Lipinski definition) is 2. The number of carbonyl (C=O) groups is 1. The molecule has 1 aromatic carbocycles. The van der Waals surface area contributed by atoms with Crippen LogP contribution in [0.2, 0.25) is 0 Å². The fraction of sp³-hybridized carbons (Fsp3) is 0.533. The van der Waals surface area contributed by atoms with Gasteiger partial charge in [-0.25, -0.2) is 0 Å². The molecule has 0 spiro atoms. The summed E-state index contributed by atoms with van der Waals surface area (Å²) >= 11 is 0. The second-order valence-electron chi connectivity index (χ2n) is 4.89. The number of carbonyl (C=O) groups excluding carboxylic acids is 1. The van der Waals surface area contributed by atoms with Gasteiger partial charge >= 0.3 is 0 Å². The Morgan fingerprint density at radius 3 is 3.00 bits per heavy atom. The molecule has 1 atom stereocenters. The van der Waals surface area contributed by atoms with E-state index in [0.717, 1.165) is 31.4 Å². The Kier molecular flexibility index (Phi) is 3.95. The summed E-state index contributed by atoms with van der Waals surface area (Å²) < 4.78 is 0. The number of fused-ring (bicyclic) bond motifs is 1. The average Bonchev–Trinajstić information content (AvgIpc) is 2.35. The molecule has 1 N–H and O–H groups in total. The molecular weight excluding hydrogens is 210 g/mol. The molecule has 0 unspecified atom stereocenters. The topological polar surface area (TPSA) is 29.1 Å². The molecule has 1 aliphatic carbocycles. The number of Topliss-reactive ketones (excluding diaryl/α,β-unsaturated/α-hetero) is 1. The molecule has 0 bridgehead atoms. The maximum absolute atomic E-state index is 11.6. The van der Waals surface area contributed by atoms with Gasteiger partial charge in [-0.3, -0.25) is 4.79 Å². The predicted octanol–water partition coefficient (Wildman–Crippen LogP) is 2.75. The summed E-state index contributed by atoms with van der Waals surface area (Å²) in [6, 6.07) is 6.73. The van der Waals surface area contributed by atoms with E-state index in [1.807, 2.05) is 12.1 Å². The van der Waals surface area contributed by atoms with Gasteiger partial charge in [0.25, 0.3) is 0 Å². The van der Waals surface area contributed by atoms with Crippen LogP contribution in [0.25, 0.3) is 0 Å². The van der Waals surface area contributed by atoms with E-state index in [2.05, 4.69) is 18.3 Å². The Morgan fingerprint density at radius 2 is 2.29 bits per heavy atom. The third-order valence-electron chi connectivity index (χ3n) is 3.54. The Bertz CT molecular complexity index is 411. The molecular formula is C15H21NO. The quantitative estimate of drug-likeness (QED) is 0.807. The van der Waals surface area contributed by atoms with Crippen LogP contribution >= 0.6 is 0 Å². The predicted molar refractivity (Wildman–Crippen MR) is 70.6 cm³/mol. The lowest BCUT2D eigenvalue weighted by Gasteiger charge is -2.26. The molecule has 17 heavy (non-hydrogen) atoms. The summed E-state index contributed by atoms with van der Waals surface area (Å²) in [6.45, 7) is 4.95. The highest BCUT2D eigenvalue weighted by Gasteiger charge is 2.21. The first-order valence-electron chi connectivity index (χ1n) is 6.57. The maximum atomic E-state index is 11.6. The standard InChI is InChI=1S/C15H21NO/c1-3-9-16-13-7-8-15-12(10-13)5-4-6-14(15)11(2)17/h4-6,13,16H,3,7-10H2,1-2H3/t13-/m0/s1. The van der Waals surface area contributed by atoms with Crippen molar-refractivity contribution in [1.82, 2.24) is 5.32 Å². The van der Waals surface area contributed by atoms with E-state index >= 15 is 0 Å². The third kappa shape index (κ3) is 2.75. The molecule has 2 nitrogen and oxygen atoms in total. The van der Waals surface area contributed by atoms with E-state index < -0.39 is 0 Å². The summed E-state index contributed by atoms with van der Waals surface area (Å²) in [5, 5.41) is 3.58. The molecule has 0 heterocycles. The first-order valence-corrected chi connectivity index (χ1v) is 6.57. The van der Waals surface area contributed by atoms with Crippen molar-refractivity contribution in [1.29, 1.82) is 0 Å². The zero-order valence-corrected chi connectivity index (χ0v) is 10.8. The van der Waals surface area contributed by atoms with Gasteiger partial charge in [-0.15, -0.1) is 0 Å². The van der Waals surface area contributed by atoms with Crippen molar-refractivity contribution in [2.24, 2.45) is 0 Å². The van der Waals surface area contributed by atoms with Crippen molar-refractivity contribution >= 4 is 5.78 Å². The van der Waals surface area contributed by atoms with Crippen LogP contribution in [0.5, 0.6) is 0 Å². The Hall–Kier alpha value is -1.15. The van der Waals surface area contributed by atoms with Gasteiger partial charge in [-0.05, 0) is 50.3 Å². The van der Waals surface area contributed by atoms with Crippen LogP contribution < -0.4 is 5.32 Å². The Labute approximate surface area is 103 Å². The lowest BCUT2D eigenvalue weighted by molar-refractivity contribution is 0.101. The van der Waals surface area contributed by atoms with E-state index in [9.17, 15) is 4.79 Å². The molecule has 92 valence electrons. The van der Waals surface area contributed by atoms with Crippen LogP contribution in [0.1, 0.15) is 48.2 Å². The highest BCUT2D eigenvalue weighted by Crippen LogP contribution is 2.25. The van der Waals surface area contributed by atoms with Gasteiger partial charge in [0.05, 0.1) is 0 Å². The minimum atomic E-state index is 0.196. The normalized spacial score (nSPS) is 18.8. The van der Waals surface area contributed by atoms with Crippen LogP contribution in [0.3, 0.4) is 0 Å². The molecule has 0 aliphatic heterocycles. The second kappa shape index (κ2) is 5.46. The van der Waals surface area contributed by atoms with Crippen molar-refractivity contribution in [2.45, 2.75) is 45.6 Å². The van der Waals surface area contributed by atoms with Crippen molar-refractivity contribution < 1.29 is 4.79 Å². The minimum absolute atomic E-state index is 0.196. The van der Waals surface area contributed by atoms with E-state index in [1.165, 1.54) is 17.5 Å². The van der Waals surface area contributed by atoms with Crippen LogP contribution in [-0.4, -0.2) is 18.4 Å². The first-order chi connectivity index (χ1) is 8.22. The van der Waals surface area contributed by atoms with Gasteiger partial charge in [0.1, 0.15) is 0 Å². The third-order valence-corrected chi connectivity index (χ3v) is 3.54. The van der Waals surface area contributed by atoms with Crippen LogP contribution in [0.15, 0.2) is 18.2 Å². The molecule has 1 aromatic rings. The average molecular weight is 231 g/mol. The number of ketones is 1. The molecule has 1 aliphatic rings. The van der Waals surface area contributed by atoms with Crippen molar-refractivity contribution in [3.8, 4) is 0 Å². The van der Waals surface area contributed by atoms with E-state index in [0.29, 0.717) is 6.04 Å². The molecule has 2 rings (SSSR count). The van der Waals surface area contributed by atoms with Gasteiger partial charge < -0.3 is 5.32 Å². The highest BCUT2D eigenvalue weighted by atomic mass is 16.1. The zero-order chi connectivity index (χ0) is 12.3. The lowest BCUT2D eigenvalue weighted by Crippen LogP contribution is -2.35. The van der Waals surface area contributed by atoms with E-state index in [4.69, 9.17) is 0 Å². The number of nitrogens with one attached hydrogen (secondary N) is 1. The van der Waals surface area contributed by atoms with Gasteiger partial charge in [0.2, 0.25) is 0 Å². The van der Waals surface area contributed by atoms with Crippen LogP contribution in [0, 0.1) is 0 Å². The smallest absolute Gasteiger partial charge is 0.160 e. The molecule has 2 heteroatoms. The monoisotopic (exact) mass is 231 g/mol. The van der Waals surface area contributed by atoms with Crippen LogP contribution in [0.4, 0.5) is 0 Å². The first kappa shape index (κ1) is 12.3. The largest absolute Gasteiger partial charge is 0.314 e. The van der Waals surface area contributed by atoms with Crippen molar-refractivity contribution in [3.63, 3.8) is 0 Å². The molecule has 0 radical (unpaired) electrons. The summed E-state index contributed by atoms with van der Waals surface area (Å²) in [4.78, 5) is 11.6. The minimum Gasteiger partial charge on any atom is -0.314 e. The molecule has 0 amide bonds. The molecule has 0 aromatic heterocycles. The van der Waals surface area contributed by atoms with Gasteiger partial charge in [-0.1, -0.05) is 25.1 Å². The SMILES string of the molecule is CCCN[C@H]1CCc2c(cccc2C(C)=O)C1. The fourth-order valence-electron chi connectivity index (χ4n) is 2.66. The Morgan fingerprint density at radius 1 is 1.47 bits per heavy atom. The van der Waals surface area contributed by atoms with Gasteiger partial charge in [0, 0.05) is 11.6 Å². The molecule has 0 fully saturated rings. The van der Waals surface area contributed by atoms with Gasteiger partial charge in [-0.2, -0.15) is 0 Å². The van der Waals surface area contributed by atoms with E-state index in [1.54, 1.807) is 6.92 Å². The van der Waals surface area contributed by atoms with Crippen molar-refractivity contribution in [3.05, 3.63) is 34.9 Å². The summed E-state index contributed by atoms with van der Waals surface area (Å²) in [6.07, 6.45) is 4.43. The fourth-order valence-corrected chi connectivity index (χ4v) is 2.66. The van der Waals surface area contributed by atoms with Crippen LogP contribution in [-0.2, 0) is 12.8 Å². The number of benzene rings is 1.